The van der Waals surface area contributed by atoms with Gasteiger partial charge < -0.3 is 9.88 Å². The largest absolute Gasteiger partial charge is 0.361 e. The zero-order valence-electron chi connectivity index (χ0n) is 13.6. The second kappa shape index (κ2) is 6.48. The third kappa shape index (κ3) is 2.92. The summed E-state index contributed by atoms with van der Waals surface area (Å²) >= 11 is 0. The van der Waals surface area contributed by atoms with Crippen molar-refractivity contribution >= 4 is 16.8 Å². The SMILES string of the molecule is O=C(Cc1ccncc1)N1CCC(c2c[nH]c3ccccc23)CC1. The minimum Gasteiger partial charge on any atom is -0.361 e. The van der Waals surface area contributed by atoms with Crippen LogP contribution >= 0.6 is 0 Å². The smallest absolute Gasteiger partial charge is 0.226 e. The quantitative estimate of drug-likeness (QED) is 0.803. The first-order valence-electron chi connectivity index (χ1n) is 8.54. The zero-order valence-corrected chi connectivity index (χ0v) is 13.6. The van der Waals surface area contributed by atoms with Crippen molar-refractivity contribution < 1.29 is 4.79 Å². The van der Waals surface area contributed by atoms with Gasteiger partial charge in [-0.3, -0.25) is 9.78 Å². The Kier molecular flexibility index (Phi) is 4.03. The molecule has 3 heterocycles. The number of nitrogens with zero attached hydrogens (tertiary/aromatic N) is 2. The molecule has 0 spiro atoms. The summed E-state index contributed by atoms with van der Waals surface area (Å²) < 4.78 is 0. The first-order valence-corrected chi connectivity index (χ1v) is 8.54. The summed E-state index contributed by atoms with van der Waals surface area (Å²) in [5.74, 6) is 0.754. The lowest BCUT2D eigenvalue weighted by Gasteiger charge is -2.32. The highest BCUT2D eigenvalue weighted by molar-refractivity contribution is 5.83. The number of carbonyl (C=O) groups excluding carboxylic acids is 1. The molecule has 24 heavy (non-hydrogen) atoms. The van der Waals surface area contributed by atoms with E-state index < -0.39 is 0 Å². The molecule has 1 fully saturated rings. The maximum absolute atomic E-state index is 12.5. The van der Waals surface area contributed by atoms with Gasteiger partial charge in [0, 0.05) is 42.6 Å². The van der Waals surface area contributed by atoms with Crippen molar-refractivity contribution in [3.63, 3.8) is 0 Å². The molecule has 1 amide bonds. The molecule has 0 aliphatic carbocycles. The number of hydrogen-bond donors (Lipinski definition) is 1. The number of piperidine rings is 1. The molecule has 4 nitrogen and oxygen atoms in total. The molecule has 0 radical (unpaired) electrons. The van der Waals surface area contributed by atoms with Crippen molar-refractivity contribution in [1.82, 2.24) is 14.9 Å². The highest BCUT2D eigenvalue weighted by atomic mass is 16.2. The molecule has 4 heteroatoms. The molecule has 0 unspecified atom stereocenters. The van der Waals surface area contributed by atoms with E-state index in [0.29, 0.717) is 12.3 Å². The maximum atomic E-state index is 12.5. The van der Waals surface area contributed by atoms with Crippen LogP contribution in [0.2, 0.25) is 0 Å². The van der Waals surface area contributed by atoms with Crippen LogP contribution in [-0.2, 0) is 11.2 Å². The molecule has 1 aliphatic rings. The van der Waals surface area contributed by atoms with E-state index in [1.165, 1.54) is 16.5 Å². The molecule has 1 N–H and O–H groups in total. The van der Waals surface area contributed by atoms with E-state index in [1.807, 2.05) is 17.0 Å². The monoisotopic (exact) mass is 319 g/mol. The third-order valence-corrected chi connectivity index (χ3v) is 5.01. The molecular formula is C20H21N3O. The number of para-hydroxylation sites is 1. The second-order valence-electron chi connectivity index (χ2n) is 6.48. The van der Waals surface area contributed by atoms with Crippen molar-refractivity contribution in [1.29, 1.82) is 0 Å². The van der Waals surface area contributed by atoms with Crippen LogP contribution < -0.4 is 0 Å². The van der Waals surface area contributed by atoms with Crippen LogP contribution in [0, 0.1) is 0 Å². The highest BCUT2D eigenvalue weighted by Crippen LogP contribution is 2.33. The van der Waals surface area contributed by atoms with E-state index in [1.54, 1.807) is 12.4 Å². The predicted octanol–water partition coefficient (Wildman–Crippen LogP) is 3.51. The normalized spacial score (nSPS) is 15.8. The molecule has 0 bridgehead atoms. The minimum absolute atomic E-state index is 0.221. The van der Waals surface area contributed by atoms with Crippen LogP contribution in [0.5, 0.6) is 0 Å². The zero-order chi connectivity index (χ0) is 16.4. The van der Waals surface area contributed by atoms with Gasteiger partial charge >= 0.3 is 0 Å². The molecule has 3 aromatic rings. The summed E-state index contributed by atoms with van der Waals surface area (Å²) in [5, 5.41) is 1.32. The molecule has 0 saturated carbocycles. The number of aromatic amines is 1. The Labute approximate surface area is 141 Å². The topological polar surface area (TPSA) is 49.0 Å². The number of nitrogens with one attached hydrogen (secondary N) is 1. The van der Waals surface area contributed by atoms with Crippen LogP contribution in [0.3, 0.4) is 0 Å². The first-order chi connectivity index (χ1) is 11.8. The Morgan fingerprint density at radius 1 is 1.12 bits per heavy atom. The summed E-state index contributed by atoms with van der Waals surface area (Å²) in [4.78, 5) is 21.8. The lowest BCUT2D eigenvalue weighted by atomic mass is 9.89. The van der Waals surface area contributed by atoms with Gasteiger partial charge in [0.1, 0.15) is 0 Å². The number of aromatic nitrogens is 2. The number of hydrogen-bond acceptors (Lipinski definition) is 2. The minimum atomic E-state index is 0.221. The summed E-state index contributed by atoms with van der Waals surface area (Å²) in [5.41, 5.74) is 3.63. The Morgan fingerprint density at radius 2 is 1.88 bits per heavy atom. The van der Waals surface area contributed by atoms with E-state index in [4.69, 9.17) is 0 Å². The third-order valence-electron chi connectivity index (χ3n) is 5.01. The number of amides is 1. The van der Waals surface area contributed by atoms with Gasteiger partial charge in [0.05, 0.1) is 6.42 Å². The lowest BCUT2D eigenvalue weighted by Crippen LogP contribution is -2.38. The van der Waals surface area contributed by atoms with Crippen molar-refractivity contribution in [2.45, 2.75) is 25.2 Å². The molecular weight excluding hydrogens is 298 g/mol. The highest BCUT2D eigenvalue weighted by Gasteiger charge is 2.25. The molecule has 1 aliphatic heterocycles. The van der Waals surface area contributed by atoms with E-state index in [0.717, 1.165) is 31.5 Å². The number of pyridine rings is 1. The van der Waals surface area contributed by atoms with E-state index in [2.05, 4.69) is 40.4 Å². The van der Waals surface area contributed by atoms with Gasteiger partial charge in [0.15, 0.2) is 0 Å². The van der Waals surface area contributed by atoms with Crippen LogP contribution in [0.1, 0.15) is 29.9 Å². The second-order valence-corrected chi connectivity index (χ2v) is 6.48. The van der Waals surface area contributed by atoms with Crippen molar-refractivity contribution in [2.75, 3.05) is 13.1 Å². The lowest BCUT2D eigenvalue weighted by molar-refractivity contribution is -0.131. The van der Waals surface area contributed by atoms with Gasteiger partial charge in [-0.1, -0.05) is 18.2 Å². The molecule has 2 aromatic heterocycles. The van der Waals surface area contributed by atoms with Gasteiger partial charge in [0.25, 0.3) is 0 Å². The molecule has 0 atom stereocenters. The Balaban J connectivity index is 1.41. The van der Waals surface area contributed by atoms with Crippen LogP contribution in [0.25, 0.3) is 10.9 Å². The van der Waals surface area contributed by atoms with Crippen LogP contribution in [0.15, 0.2) is 55.0 Å². The van der Waals surface area contributed by atoms with E-state index >= 15 is 0 Å². The fourth-order valence-corrected chi connectivity index (χ4v) is 3.66. The average molecular weight is 319 g/mol. The van der Waals surface area contributed by atoms with Gasteiger partial charge in [-0.25, -0.2) is 0 Å². The molecule has 1 saturated heterocycles. The van der Waals surface area contributed by atoms with Crippen molar-refractivity contribution in [2.24, 2.45) is 0 Å². The van der Waals surface area contributed by atoms with Gasteiger partial charge in [-0.2, -0.15) is 0 Å². The van der Waals surface area contributed by atoms with Gasteiger partial charge in [0.2, 0.25) is 5.91 Å². The summed E-state index contributed by atoms with van der Waals surface area (Å²) in [6, 6.07) is 12.3. The maximum Gasteiger partial charge on any atom is 0.226 e. The molecule has 122 valence electrons. The van der Waals surface area contributed by atoms with Crippen LogP contribution in [0.4, 0.5) is 0 Å². The molecule has 4 rings (SSSR count). The molecule has 1 aromatic carbocycles. The number of likely N-dealkylation sites (tertiary alicyclic amines) is 1. The Hall–Kier alpha value is -2.62. The Bertz CT molecular complexity index is 832. The summed E-state index contributed by atoms with van der Waals surface area (Å²) in [6.07, 6.45) is 8.16. The Morgan fingerprint density at radius 3 is 2.67 bits per heavy atom. The van der Waals surface area contributed by atoms with E-state index in [9.17, 15) is 4.79 Å². The standard InChI is InChI=1S/C20H21N3O/c24-20(13-15-5-9-21-10-6-15)23-11-7-16(8-12-23)18-14-22-19-4-2-1-3-17(18)19/h1-6,9-10,14,16,22H,7-8,11-13H2. The fraction of sp³-hybridized carbons (Fsp3) is 0.300. The number of benzene rings is 1. The number of rotatable bonds is 3. The summed E-state index contributed by atoms with van der Waals surface area (Å²) in [6.45, 7) is 1.68. The average Bonchev–Trinajstić information content (AvgIpc) is 3.07. The van der Waals surface area contributed by atoms with Crippen molar-refractivity contribution in [3.8, 4) is 0 Å². The number of H-pyrrole nitrogens is 1. The van der Waals surface area contributed by atoms with Gasteiger partial charge in [-0.15, -0.1) is 0 Å². The predicted molar refractivity (Wildman–Crippen MR) is 94.8 cm³/mol. The van der Waals surface area contributed by atoms with E-state index in [-0.39, 0.29) is 5.91 Å². The van der Waals surface area contributed by atoms with Crippen LogP contribution in [-0.4, -0.2) is 33.9 Å². The number of fused-ring (bicyclic) bond motifs is 1. The number of carbonyl (C=O) groups is 1. The van der Waals surface area contributed by atoms with Gasteiger partial charge in [-0.05, 0) is 48.1 Å². The fourth-order valence-electron chi connectivity index (χ4n) is 3.66. The van der Waals surface area contributed by atoms with Crippen molar-refractivity contribution in [3.05, 3.63) is 66.1 Å². The first kappa shape index (κ1) is 14.9. The summed E-state index contributed by atoms with van der Waals surface area (Å²) in [7, 11) is 0.